The monoisotopic (exact) mass is 292 g/mol. The predicted molar refractivity (Wildman–Crippen MR) is 89.2 cm³/mol. The molecule has 1 atom stereocenters. The summed E-state index contributed by atoms with van der Waals surface area (Å²) in [6, 6.07) is 11.7. The summed E-state index contributed by atoms with van der Waals surface area (Å²) in [4.78, 5) is 3.97. The van der Waals surface area contributed by atoms with Gasteiger partial charge in [-0.1, -0.05) is 32.0 Å². The van der Waals surface area contributed by atoms with Crippen molar-refractivity contribution in [2.24, 2.45) is 11.7 Å². The van der Waals surface area contributed by atoms with E-state index >= 15 is 0 Å². The van der Waals surface area contributed by atoms with E-state index in [1.165, 1.54) is 30.8 Å². The number of benzene rings is 1. The van der Waals surface area contributed by atoms with Crippen molar-refractivity contribution < 1.29 is 0 Å². The third kappa shape index (κ3) is 5.86. The quantitative estimate of drug-likeness (QED) is 0.705. The van der Waals surface area contributed by atoms with Crippen LogP contribution in [-0.4, -0.2) is 35.8 Å². The maximum absolute atomic E-state index is 6.27. The zero-order chi connectivity index (χ0) is 14.4. The molecule has 1 fully saturated rings. The summed E-state index contributed by atoms with van der Waals surface area (Å²) in [5, 5.41) is 0. The molecule has 112 valence electrons. The van der Waals surface area contributed by atoms with E-state index in [2.05, 4.69) is 49.1 Å². The highest BCUT2D eigenvalue weighted by atomic mass is 32.2. The second-order valence-corrected chi connectivity index (χ2v) is 7.39. The van der Waals surface area contributed by atoms with E-state index in [1.54, 1.807) is 0 Å². The zero-order valence-corrected chi connectivity index (χ0v) is 13.6. The van der Waals surface area contributed by atoms with Gasteiger partial charge in [-0.3, -0.25) is 0 Å². The predicted octanol–water partition coefficient (Wildman–Crippen LogP) is 3.62. The summed E-state index contributed by atoms with van der Waals surface area (Å²) < 4.78 is 0. The SMILES string of the molecule is CC(C)CN(CC[C@@H](N)CSc1ccccc1)C1CC1. The first-order chi connectivity index (χ1) is 9.65. The van der Waals surface area contributed by atoms with Crippen molar-refractivity contribution >= 4 is 11.8 Å². The van der Waals surface area contributed by atoms with Gasteiger partial charge in [0.05, 0.1) is 0 Å². The molecule has 2 nitrogen and oxygen atoms in total. The highest BCUT2D eigenvalue weighted by molar-refractivity contribution is 7.99. The van der Waals surface area contributed by atoms with Crippen LogP contribution in [0.4, 0.5) is 0 Å². The van der Waals surface area contributed by atoms with Gasteiger partial charge in [0.25, 0.3) is 0 Å². The second kappa shape index (κ2) is 8.06. The van der Waals surface area contributed by atoms with Crippen LogP contribution in [0.1, 0.15) is 33.1 Å². The Balaban J connectivity index is 1.67. The Hall–Kier alpha value is -0.510. The van der Waals surface area contributed by atoms with Crippen LogP contribution in [0, 0.1) is 5.92 Å². The molecule has 1 aromatic carbocycles. The average molecular weight is 292 g/mol. The van der Waals surface area contributed by atoms with Crippen molar-refractivity contribution in [3.8, 4) is 0 Å². The van der Waals surface area contributed by atoms with E-state index < -0.39 is 0 Å². The Morgan fingerprint density at radius 1 is 1.25 bits per heavy atom. The number of thioether (sulfide) groups is 1. The molecule has 0 unspecified atom stereocenters. The number of rotatable bonds is 9. The summed E-state index contributed by atoms with van der Waals surface area (Å²) in [6.07, 6.45) is 3.89. The summed E-state index contributed by atoms with van der Waals surface area (Å²) in [5.41, 5.74) is 6.27. The van der Waals surface area contributed by atoms with Crippen molar-refractivity contribution in [2.45, 2.75) is 50.1 Å². The number of hydrogen-bond acceptors (Lipinski definition) is 3. The van der Waals surface area contributed by atoms with E-state index in [0.717, 1.165) is 24.1 Å². The molecule has 0 heterocycles. The molecule has 3 heteroatoms. The Kier molecular flexibility index (Phi) is 6.40. The summed E-state index contributed by atoms with van der Waals surface area (Å²) >= 11 is 1.87. The second-order valence-electron chi connectivity index (χ2n) is 6.29. The molecule has 0 aliphatic heterocycles. The molecule has 1 aliphatic carbocycles. The number of nitrogens with zero attached hydrogens (tertiary/aromatic N) is 1. The molecular weight excluding hydrogens is 264 g/mol. The lowest BCUT2D eigenvalue weighted by Gasteiger charge is -2.25. The smallest absolute Gasteiger partial charge is 0.0146 e. The Labute approximate surface area is 128 Å². The van der Waals surface area contributed by atoms with Crippen molar-refractivity contribution in [3.05, 3.63) is 30.3 Å². The van der Waals surface area contributed by atoms with Gasteiger partial charge < -0.3 is 10.6 Å². The molecule has 0 radical (unpaired) electrons. The minimum atomic E-state index is 0.300. The van der Waals surface area contributed by atoms with Crippen molar-refractivity contribution in [3.63, 3.8) is 0 Å². The third-order valence-corrected chi connectivity index (χ3v) is 4.86. The van der Waals surface area contributed by atoms with Crippen LogP contribution in [-0.2, 0) is 0 Å². The molecule has 1 aliphatic rings. The van der Waals surface area contributed by atoms with Gasteiger partial charge in [0, 0.05) is 29.3 Å². The highest BCUT2D eigenvalue weighted by Crippen LogP contribution is 2.28. The van der Waals surface area contributed by atoms with E-state index in [9.17, 15) is 0 Å². The van der Waals surface area contributed by atoms with E-state index in [0.29, 0.717) is 6.04 Å². The topological polar surface area (TPSA) is 29.3 Å². The van der Waals surface area contributed by atoms with Crippen LogP contribution in [0.2, 0.25) is 0 Å². The first-order valence-electron chi connectivity index (χ1n) is 7.82. The van der Waals surface area contributed by atoms with Crippen LogP contribution in [0.15, 0.2) is 35.2 Å². The molecule has 0 saturated heterocycles. The fourth-order valence-corrected chi connectivity index (χ4v) is 3.39. The largest absolute Gasteiger partial charge is 0.327 e. The summed E-state index contributed by atoms with van der Waals surface area (Å²) in [7, 11) is 0. The maximum atomic E-state index is 6.27. The summed E-state index contributed by atoms with van der Waals surface area (Å²) in [6.45, 7) is 7.00. The first kappa shape index (κ1) is 15.9. The van der Waals surface area contributed by atoms with Gasteiger partial charge >= 0.3 is 0 Å². The lowest BCUT2D eigenvalue weighted by Crippen LogP contribution is -2.35. The van der Waals surface area contributed by atoms with Crippen LogP contribution in [0.3, 0.4) is 0 Å². The molecule has 0 bridgehead atoms. The Morgan fingerprint density at radius 3 is 2.55 bits per heavy atom. The lowest BCUT2D eigenvalue weighted by atomic mass is 10.2. The molecule has 2 rings (SSSR count). The van der Waals surface area contributed by atoms with Gasteiger partial charge in [-0.05, 0) is 43.9 Å². The van der Waals surface area contributed by atoms with E-state index in [4.69, 9.17) is 5.73 Å². The third-order valence-electron chi connectivity index (χ3n) is 3.66. The van der Waals surface area contributed by atoms with Crippen LogP contribution >= 0.6 is 11.8 Å². The fraction of sp³-hybridized carbons (Fsp3) is 0.647. The molecule has 0 spiro atoms. The van der Waals surface area contributed by atoms with Crippen LogP contribution in [0.25, 0.3) is 0 Å². The lowest BCUT2D eigenvalue weighted by molar-refractivity contribution is 0.228. The molecule has 0 aromatic heterocycles. The number of nitrogens with two attached hydrogens (primary N) is 1. The molecule has 1 aromatic rings. The minimum absolute atomic E-state index is 0.300. The summed E-state index contributed by atoms with van der Waals surface area (Å²) in [5.74, 6) is 1.77. The maximum Gasteiger partial charge on any atom is 0.0146 e. The molecule has 2 N–H and O–H groups in total. The fourth-order valence-electron chi connectivity index (χ4n) is 2.47. The van der Waals surface area contributed by atoms with Gasteiger partial charge in [0.1, 0.15) is 0 Å². The first-order valence-corrected chi connectivity index (χ1v) is 8.81. The van der Waals surface area contributed by atoms with Crippen molar-refractivity contribution in [1.82, 2.24) is 4.90 Å². The van der Waals surface area contributed by atoms with Gasteiger partial charge in [-0.15, -0.1) is 11.8 Å². The average Bonchev–Trinajstić information content (AvgIpc) is 3.26. The highest BCUT2D eigenvalue weighted by Gasteiger charge is 2.29. The molecule has 0 amide bonds. The molecule has 1 saturated carbocycles. The normalized spacial score (nSPS) is 16.9. The Morgan fingerprint density at radius 2 is 1.95 bits per heavy atom. The molecule has 20 heavy (non-hydrogen) atoms. The van der Waals surface area contributed by atoms with Gasteiger partial charge in [0.15, 0.2) is 0 Å². The van der Waals surface area contributed by atoms with Crippen molar-refractivity contribution in [2.75, 3.05) is 18.8 Å². The van der Waals surface area contributed by atoms with Crippen molar-refractivity contribution in [1.29, 1.82) is 0 Å². The van der Waals surface area contributed by atoms with E-state index in [-0.39, 0.29) is 0 Å². The van der Waals surface area contributed by atoms with Gasteiger partial charge in [-0.25, -0.2) is 0 Å². The number of hydrogen-bond donors (Lipinski definition) is 1. The Bertz CT molecular complexity index is 376. The van der Waals surface area contributed by atoms with E-state index in [1.807, 2.05) is 11.8 Å². The van der Waals surface area contributed by atoms with Crippen LogP contribution in [0.5, 0.6) is 0 Å². The minimum Gasteiger partial charge on any atom is -0.327 e. The standard InChI is InChI=1S/C17H28N2S/c1-14(2)12-19(16-8-9-16)11-10-15(18)13-20-17-6-4-3-5-7-17/h3-7,14-16H,8-13,18H2,1-2H3/t15-/m1/s1. The van der Waals surface area contributed by atoms with Crippen LogP contribution < -0.4 is 5.73 Å². The molecular formula is C17H28N2S. The van der Waals surface area contributed by atoms with Gasteiger partial charge in [-0.2, -0.15) is 0 Å². The van der Waals surface area contributed by atoms with Gasteiger partial charge in [0.2, 0.25) is 0 Å². The zero-order valence-electron chi connectivity index (χ0n) is 12.8.